The number of carbonyl (C=O) groups excluding carboxylic acids is 3. The highest BCUT2D eigenvalue weighted by atomic mass is 16.1. The van der Waals surface area contributed by atoms with Crippen molar-refractivity contribution in [1.29, 1.82) is 0 Å². The van der Waals surface area contributed by atoms with E-state index in [9.17, 15) is 14.4 Å². The van der Waals surface area contributed by atoms with Crippen molar-refractivity contribution in [2.45, 2.75) is 123 Å². The highest BCUT2D eigenvalue weighted by Crippen LogP contribution is 2.11. The summed E-state index contributed by atoms with van der Waals surface area (Å²) < 4.78 is 0. The van der Waals surface area contributed by atoms with Gasteiger partial charge >= 0.3 is 0 Å². The van der Waals surface area contributed by atoms with E-state index in [-0.39, 0.29) is 11.6 Å². The zero-order valence-corrected chi connectivity index (χ0v) is 17.9. The van der Waals surface area contributed by atoms with Gasteiger partial charge in [-0.2, -0.15) is 0 Å². The summed E-state index contributed by atoms with van der Waals surface area (Å²) in [6, 6.07) is 0. The highest BCUT2D eigenvalue weighted by Gasteiger charge is 2.00. The number of unbranched alkanes of at least 4 members (excludes halogenated alkanes) is 10. The van der Waals surface area contributed by atoms with E-state index in [1.165, 1.54) is 25.7 Å². The molecule has 27 heavy (non-hydrogen) atoms. The minimum Gasteiger partial charge on any atom is -0.300 e. The Morgan fingerprint density at radius 3 is 1.74 bits per heavy atom. The molecule has 0 heterocycles. The van der Waals surface area contributed by atoms with Crippen LogP contribution in [0.5, 0.6) is 0 Å². The van der Waals surface area contributed by atoms with Crippen molar-refractivity contribution in [3.8, 4) is 0 Å². The lowest BCUT2D eigenvalue weighted by Crippen LogP contribution is -1.96. The second-order valence-electron chi connectivity index (χ2n) is 7.79. The Bertz CT molecular complexity index is 423. The van der Waals surface area contributed by atoms with Crippen LogP contribution in [-0.2, 0) is 14.4 Å². The van der Waals surface area contributed by atoms with E-state index in [0.29, 0.717) is 18.6 Å². The molecular formula is C24H42O3. The van der Waals surface area contributed by atoms with Crippen molar-refractivity contribution in [1.82, 2.24) is 0 Å². The standard InChI is InChI=1S/C24H42O3/c1-3-17-23(26)19-14-10-6-4-5-7-11-15-20-24(27)21-16-12-8-9-13-18-22(2)25/h15,20H,3-14,16-19,21H2,1-2H3/b20-15+. The topological polar surface area (TPSA) is 51.2 Å². The SMILES string of the molecule is CCCC(=O)CCCCCCCC/C=C/C(=O)CCCCCCCC(C)=O. The van der Waals surface area contributed by atoms with E-state index >= 15 is 0 Å². The Balaban J connectivity index is 3.34. The third-order valence-corrected chi connectivity index (χ3v) is 4.86. The molecule has 0 spiro atoms. The molecule has 0 bridgehead atoms. The quantitative estimate of drug-likeness (QED) is 0.171. The molecule has 0 fully saturated rings. The molecule has 0 aromatic heterocycles. The smallest absolute Gasteiger partial charge is 0.155 e. The summed E-state index contributed by atoms with van der Waals surface area (Å²) in [4.78, 5) is 34.0. The van der Waals surface area contributed by atoms with Crippen LogP contribution in [0.3, 0.4) is 0 Å². The number of hydrogen-bond donors (Lipinski definition) is 0. The third-order valence-electron chi connectivity index (χ3n) is 4.86. The summed E-state index contributed by atoms with van der Waals surface area (Å²) in [6.07, 6.45) is 20.9. The second kappa shape index (κ2) is 19.5. The number of hydrogen-bond acceptors (Lipinski definition) is 3. The third kappa shape index (κ3) is 20.9. The molecule has 0 aromatic carbocycles. The predicted octanol–water partition coefficient (Wildman–Crippen LogP) is 6.92. The average molecular weight is 379 g/mol. The summed E-state index contributed by atoms with van der Waals surface area (Å²) in [5.74, 6) is 0.935. The van der Waals surface area contributed by atoms with Crippen molar-refractivity contribution in [2.24, 2.45) is 0 Å². The fourth-order valence-corrected chi connectivity index (χ4v) is 3.20. The van der Waals surface area contributed by atoms with Crippen LogP contribution < -0.4 is 0 Å². The van der Waals surface area contributed by atoms with Gasteiger partial charge in [-0.1, -0.05) is 57.9 Å². The Labute approximate surface area is 167 Å². The van der Waals surface area contributed by atoms with Gasteiger partial charge < -0.3 is 4.79 Å². The summed E-state index contributed by atoms with van der Waals surface area (Å²) >= 11 is 0. The van der Waals surface area contributed by atoms with Gasteiger partial charge in [-0.05, 0) is 51.5 Å². The van der Waals surface area contributed by atoms with Crippen molar-refractivity contribution < 1.29 is 14.4 Å². The maximum atomic E-state index is 11.8. The zero-order chi connectivity index (χ0) is 20.2. The molecule has 0 N–H and O–H groups in total. The van der Waals surface area contributed by atoms with Gasteiger partial charge in [0.2, 0.25) is 0 Å². The van der Waals surface area contributed by atoms with Gasteiger partial charge in [0, 0.05) is 25.7 Å². The molecule has 3 nitrogen and oxygen atoms in total. The van der Waals surface area contributed by atoms with Gasteiger partial charge in [-0.25, -0.2) is 0 Å². The first kappa shape index (κ1) is 25.8. The monoisotopic (exact) mass is 378 g/mol. The van der Waals surface area contributed by atoms with Crippen molar-refractivity contribution in [3.63, 3.8) is 0 Å². The van der Waals surface area contributed by atoms with Crippen LogP contribution in [0.4, 0.5) is 0 Å². The first-order valence-corrected chi connectivity index (χ1v) is 11.3. The van der Waals surface area contributed by atoms with Crippen molar-refractivity contribution >= 4 is 17.3 Å². The molecule has 0 amide bonds. The number of allylic oxidation sites excluding steroid dienone is 2. The average Bonchev–Trinajstić information content (AvgIpc) is 2.62. The summed E-state index contributed by atoms with van der Waals surface area (Å²) in [6.45, 7) is 3.70. The largest absolute Gasteiger partial charge is 0.300 e. The van der Waals surface area contributed by atoms with Gasteiger partial charge in [-0.3, -0.25) is 9.59 Å². The summed E-state index contributed by atoms with van der Waals surface area (Å²) in [5.41, 5.74) is 0. The van der Waals surface area contributed by atoms with Crippen LogP contribution in [0.15, 0.2) is 12.2 Å². The maximum absolute atomic E-state index is 11.8. The van der Waals surface area contributed by atoms with Gasteiger partial charge in [-0.15, -0.1) is 0 Å². The number of carbonyl (C=O) groups is 3. The van der Waals surface area contributed by atoms with Crippen molar-refractivity contribution in [2.75, 3.05) is 0 Å². The summed E-state index contributed by atoms with van der Waals surface area (Å²) in [7, 11) is 0. The van der Waals surface area contributed by atoms with Crippen LogP contribution in [0.25, 0.3) is 0 Å². The molecule has 0 saturated carbocycles. The second-order valence-corrected chi connectivity index (χ2v) is 7.79. The van der Waals surface area contributed by atoms with Gasteiger partial charge in [0.15, 0.2) is 5.78 Å². The first-order valence-electron chi connectivity index (χ1n) is 11.3. The minimum absolute atomic E-state index is 0.246. The van der Waals surface area contributed by atoms with E-state index in [2.05, 4.69) is 6.92 Å². The predicted molar refractivity (Wildman–Crippen MR) is 114 cm³/mol. The van der Waals surface area contributed by atoms with Gasteiger partial charge in [0.25, 0.3) is 0 Å². The molecular weight excluding hydrogens is 336 g/mol. The number of ketones is 3. The minimum atomic E-state index is 0.246. The molecule has 0 aromatic rings. The molecule has 0 unspecified atom stereocenters. The van der Waals surface area contributed by atoms with Gasteiger partial charge in [0.1, 0.15) is 11.6 Å². The maximum Gasteiger partial charge on any atom is 0.155 e. The van der Waals surface area contributed by atoms with Crippen LogP contribution in [0.2, 0.25) is 0 Å². The molecule has 0 rings (SSSR count). The Morgan fingerprint density at radius 2 is 1.15 bits per heavy atom. The Hall–Kier alpha value is -1.25. The lowest BCUT2D eigenvalue weighted by atomic mass is 10.0. The number of rotatable bonds is 20. The van der Waals surface area contributed by atoms with E-state index < -0.39 is 0 Å². The molecule has 0 atom stereocenters. The zero-order valence-electron chi connectivity index (χ0n) is 17.9. The van der Waals surface area contributed by atoms with E-state index in [4.69, 9.17) is 0 Å². The molecule has 0 saturated heterocycles. The van der Waals surface area contributed by atoms with E-state index in [1.807, 2.05) is 6.08 Å². The lowest BCUT2D eigenvalue weighted by Gasteiger charge is -2.01. The fraction of sp³-hybridized carbons (Fsp3) is 0.792. The Morgan fingerprint density at radius 1 is 0.630 bits per heavy atom. The van der Waals surface area contributed by atoms with Crippen LogP contribution in [0.1, 0.15) is 123 Å². The highest BCUT2D eigenvalue weighted by molar-refractivity contribution is 5.89. The molecule has 0 aliphatic heterocycles. The first-order chi connectivity index (χ1) is 13.1. The summed E-state index contributed by atoms with van der Waals surface area (Å²) in [5, 5.41) is 0. The van der Waals surface area contributed by atoms with Crippen LogP contribution in [0, 0.1) is 0 Å². The fourth-order valence-electron chi connectivity index (χ4n) is 3.20. The van der Waals surface area contributed by atoms with E-state index in [0.717, 1.165) is 70.6 Å². The molecule has 0 aliphatic carbocycles. The Kier molecular flexibility index (Phi) is 18.6. The molecule has 3 heteroatoms. The molecule has 156 valence electrons. The number of Topliss-reactive ketones (excluding diaryl/α,β-unsaturated/α-hetero) is 2. The van der Waals surface area contributed by atoms with Crippen molar-refractivity contribution in [3.05, 3.63) is 12.2 Å². The van der Waals surface area contributed by atoms with Crippen LogP contribution in [-0.4, -0.2) is 17.3 Å². The van der Waals surface area contributed by atoms with Crippen LogP contribution >= 0.6 is 0 Å². The molecule has 0 radical (unpaired) electrons. The normalized spacial score (nSPS) is 11.2. The van der Waals surface area contributed by atoms with Gasteiger partial charge in [0.05, 0.1) is 0 Å². The van der Waals surface area contributed by atoms with E-state index in [1.54, 1.807) is 13.0 Å². The lowest BCUT2D eigenvalue weighted by molar-refractivity contribution is -0.119. The molecule has 0 aliphatic rings.